The predicted octanol–water partition coefficient (Wildman–Crippen LogP) is 2.98. The number of likely N-dealkylation sites (tertiary alicyclic amines) is 1. The molecule has 3 amide bonds. The van der Waals surface area contributed by atoms with Crippen LogP contribution < -0.4 is 5.73 Å². The van der Waals surface area contributed by atoms with E-state index in [1.54, 1.807) is 6.20 Å². The number of urea groups is 1. The van der Waals surface area contributed by atoms with Gasteiger partial charge in [-0.1, -0.05) is 25.4 Å². The second-order valence-electron chi connectivity index (χ2n) is 8.17. The van der Waals surface area contributed by atoms with Crippen LogP contribution in [0.1, 0.15) is 45.6 Å². The van der Waals surface area contributed by atoms with Crippen molar-refractivity contribution in [3.05, 3.63) is 22.8 Å². The maximum atomic E-state index is 13.1. The van der Waals surface area contributed by atoms with Crippen LogP contribution in [0.3, 0.4) is 0 Å². The fraction of sp³-hybridized carbons (Fsp3) is 0.650. The van der Waals surface area contributed by atoms with E-state index in [0.717, 1.165) is 25.1 Å². The lowest BCUT2D eigenvalue weighted by molar-refractivity contribution is -0.135. The molecule has 2 aliphatic heterocycles. The topological polar surface area (TPSA) is 82.8 Å². The number of nitrogen functional groups attached to an aromatic ring is 1. The van der Waals surface area contributed by atoms with Gasteiger partial charge in [0.2, 0.25) is 0 Å². The van der Waals surface area contributed by atoms with E-state index >= 15 is 0 Å². The molecule has 0 radical (unpaired) electrons. The lowest BCUT2D eigenvalue weighted by Crippen LogP contribution is -2.56. The van der Waals surface area contributed by atoms with Gasteiger partial charge in [0.25, 0.3) is 5.91 Å². The SMILES string of the molecule is CCN1C(=O)N(CCC(C)C)C2(CCN(Cc3cc(Cl)cnc3N)CC2)C1=O. The third-order valence-electron chi connectivity index (χ3n) is 5.91. The van der Waals surface area contributed by atoms with Crippen molar-refractivity contribution in [2.24, 2.45) is 5.92 Å². The number of carbonyl (C=O) groups is 2. The summed E-state index contributed by atoms with van der Waals surface area (Å²) in [6.45, 7) is 9.27. The minimum atomic E-state index is -0.698. The largest absolute Gasteiger partial charge is 0.383 e. The Labute approximate surface area is 171 Å². The number of nitrogens with zero attached hydrogens (tertiary/aromatic N) is 4. The number of piperidine rings is 1. The van der Waals surface area contributed by atoms with Crippen LogP contribution >= 0.6 is 11.6 Å². The van der Waals surface area contributed by atoms with Crippen LogP contribution in [-0.4, -0.2) is 63.3 Å². The summed E-state index contributed by atoms with van der Waals surface area (Å²) in [4.78, 5) is 35.6. The molecule has 28 heavy (non-hydrogen) atoms. The molecular formula is C20H30ClN5O2. The Morgan fingerprint density at radius 2 is 1.96 bits per heavy atom. The summed E-state index contributed by atoms with van der Waals surface area (Å²) >= 11 is 6.05. The van der Waals surface area contributed by atoms with Crippen LogP contribution in [0.25, 0.3) is 0 Å². The molecule has 0 unspecified atom stereocenters. The van der Waals surface area contributed by atoms with Crippen molar-refractivity contribution in [2.45, 2.75) is 52.1 Å². The Morgan fingerprint density at radius 3 is 2.57 bits per heavy atom. The maximum Gasteiger partial charge on any atom is 0.327 e. The van der Waals surface area contributed by atoms with Gasteiger partial charge in [0.1, 0.15) is 11.4 Å². The number of carbonyl (C=O) groups excluding carboxylic acids is 2. The van der Waals surface area contributed by atoms with E-state index in [-0.39, 0.29) is 11.9 Å². The van der Waals surface area contributed by atoms with Crippen molar-refractivity contribution in [1.29, 1.82) is 0 Å². The summed E-state index contributed by atoms with van der Waals surface area (Å²) < 4.78 is 0. The van der Waals surface area contributed by atoms with Gasteiger partial charge in [-0.2, -0.15) is 0 Å². The molecule has 1 aromatic rings. The first-order valence-electron chi connectivity index (χ1n) is 10.0. The highest BCUT2D eigenvalue weighted by Gasteiger charge is 2.57. The number of likely N-dealkylation sites (N-methyl/N-ethyl adjacent to an activating group) is 1. The highest BCUT2D eigenvalue weighted by Crippen LogP contribution is 2.38. The molecule has 7 nitrogen and oxygen atoms in total. The summed E-state index contributed by atoms with van der Waals surface area (Å²) in [5.74, 6) is 0.925. The quantitative estimate of drug-likeness (QED) is 0.733. The zero-order valence-corrected chi connectivity index (χ0v) is 17.7. The van der Waals surface area contributed by atoms with Crippen LogP contribution in [0.5, 0.6) is 0 Å². The maximum absolute atomic E-state index is 13.1. The summed E-state index contributed by atoms with van der Waals surface area (Å²) in [7, 11) is 0. The van der Waals surface area contributed by atoms with Gasteiger partial charge in [-0.05, 0) is 38.2 Å². The molecule has 2 fully saturated rings. The zero-order valence-electron chi connectivity index (χ0n) is 16.9. The lowest BCUT2D eigenvalue weighted by atomic mass is 9.85. The first-order chi connectivity index (χ1) is 13.3. The van der Waals surface area contributed by atoms with Crippen molar-refractivity contribution in [1.82, 2.24) is 19.7 Å². The van der Waals surface area contributed by atoms with Gasteiger partial charge < -0.3 is 10.6 Å². The van der Waals surface area contributed by atoms with E-state index in [0.29, 0.717) is 49.2 Å². The number of anilines is 1. The standard InChI is InChI=1S/C20H30ClN5O2/c1-4-25-18(27)20(26(19(25)28)8-5-14(2)3)6-9-24(10-7-20)13-15-11-16(21)12-23-17(15)22/h11-12,14H,4-10,13H2,1-3H3,(H2,22,23). The molecule has 0 atom stereocenters. The molecule has 2 saturated heterocycles. The molecule has 0 bridgehead atoms. The van der Waals surface area contributed by atoms with E-state index in [1.165, 1.54) is 4.90 Å². The Balaban J connectivity index is 1.74. The summed E-state index contributed by atoms with van der Waals surface area (Å²) in [5.41, 5.74) is 6.17. The molecule has 0 saturated carbocycles. The van der Waals surface area contributed by atoms with Gasteiger partial charge in [-0.15, -0.1) is 0 Å². The molecule has 2 aliphatic rings. The highest BCUT2D eigenvalue weighted by atomic mass is 35.5. The third-order valence-corrected chi connectivity index (χ3v) is 6.12. The van der Waals surface area contributed by atoms with Crippen LogP contribution in [0.4, 0.5) is 10.6 Å². The summed E-state index contributed by atoms with van der Waals surface area (Å²) in [5, 5.41) is 0.563. The Kier molecular flexibility index (Phi) is 6.15. The smallest absolute Gasteiger partial charge is 0.327 e. The van der Waals surface area contributed by atoms with Crippen molar-refractivity contribution in [3.8, 4) is 0 Å². The first-order valence-corrected chi connectivity index (χ1v) is 10.4. The number of hydrogen-bond acceptors (Lipinski definition) is 5. The van der Waals surface area contributed by atoms with Gasteiger partial charge in [0.05, 0.1) is 5.02 Å². The Bertz CT molecular complexity index is 746. The average Bonchev–Trinajstić information content (AvgIpc) is 2.84. The van der Waals surface area contributed by atoms with Crippen molar-refractivity contribution >= 4 is 29.4 Å². The molecule has 0 aliphatic carbocycles. The van der Waals surface area contributed by atoms with E-state index in [9.17, 15) is 9.59 Å². The van der Waals surface area contributed by atoms with Crippen LogP contribution in [-0.2, 0) is 11.3 Å². The van der Waals surface area contributed by atoms with E-state index in [4.69, 9.17) is 17.3 Å². The first kappa shape index (κ1) is 20.9. The number of imide groups is 1. The molecule has 154 valence electrons. The summed E-state index contributed by atoms with van der Waals surface area (Å²) in [6.07, 6.45) is 3.72. The Morgan fingerprint density at radius 1 is 1.29 bits per heavy atom. The Hall–Kier alpha value is -1.86. The number of aromatic nitrogens is 1. The second-order valence-corrected chi connectivity index (χ2v) is 8.61. The van der Waals surface area contributed by atoms with Crippen molar-refractivity contribution < 1.29 is 9.59 Å². The van der Waals surface area contributed by atoms with Gasteiger partial charge in [-0.25, -0.2) is 9.78 Å². The monoisotopic (exact) mass is 407 g/mol. The fourth-order valence-corrected chi connectivity index (χ4v) is 4.36. The normalized spacial score (nSPS) is 20.0. The van der Waals surface area contributed by atoms with Gasteiger partial charge in [0.15, 0.2) is 0 Å². The molecule has 3 heterocycles. The van der Waals surface area contributed by atoms with Crippen LogP contribution in [0.15, 0.2) is 12.3 Å². The number of rotatable bonds is 6. The number of nitrogens with two attached hydrogens (primary N) is 1. The lowest BCUT2D eigenvalue weighted by Gasteiger charge is -2.42. The molecule has 0 aromatic carbocycles. The van der Waals surface area contributed by atoms with Crippen molar-refractivity contribution in [2.75, 3.05) is 31.9 Å². The summed E-state index contributed by atoms with van der Waals surface area (Å²) in [6, 6.07) is 1.71. The molecule has 1 spiro atoms. The third kappa shape index (κ3) is 3.82. The zero-order chi connectivity index (χ0) is 20.5. The number of pyridine rings is 1. The van der Waals surface area contributed by atoms with Gasteiger partial charge in [0, 0.05) is 44.5 Å². The van der Waals surface area contributed by atoms with Crippen molar-refractivity contribution in [3.63, 3.8) is 0 Å². The molecular weight excluding hydrogens is 378 g/mol. The highest BCUT2D eigenvalue weighted by molar-refractivity contribution is 6.30. The molecule has 3 rings (SSSR count). The predicted molar refractivity (Wildman–Crippen MR) is 110 cm³/mol. The minimum Gasteiger partial charge on any atom is -0.383 e. The van der Waals surface area contributed by atoms with E-state index in [1.807, 2.05) is 17.9 Å². The second kappa shape index (κ2) is 8.25. The fourth-order valence-electron chi connectivity index (χ4n) is 4.18. The number of halogens is 1. The van der Waals surface area contributed by atoms with E-state index in [2.05, 4.69) is 23.7 Å². The van der Waals surface area contributed by atoms with E-state index < -0.39 is 5.54 Å². The molecule has 1 aromatic heterocycles. The minimum absolute atomic E-state index is 0.0349. The van der Waals surface area contributed by atoms with Crippen LogP contribution in [0, 0.1) is 5.92 Å². The van der Waals surface area contributed by atoms with Gasteiger partial charge in [-0.3, -0.25) is 14.6 Å². The molecule has 8 heteroatoms. The van der Waals surface area contributed by atoms with Crippen LogP contribution in [0.2, 0.25) is 5.02 Å². The average molecular weight is 408 g/mol. The molecule has 2 N–H and O–H groups in total. The number of amides is 3. The van der Waals surface area contributed by atoms with Gasteiger partial charge >= 0.3 is 6.03 Å². The number of hydrogen-bond donors (Lipinski definition) is 1.